The zero-order valence-corrected chi connectivity index (χ0v) is 21.0. The summed E-state index contributed by atoms with van der Waals surface area (Å²) in [6.07, 6.45) is 2.63. The van der Waals surface area contributed by atoms with E-state index < -0.39 is 14.0 Å². The highest BCUT2D eigenvalue weighted by molar-refractivity contribution is 8.13. The summed E-state index contributed by atoms with van der Waals surface area (Å²) in [5, 5.41) is 2.86. The van der Waals surface area contributed by atoms with E-state index in [1.54, 1.807) is 10.9 Å². The number of hydrogen-bond donors (Lipinski definition) is 2. The number of nitrogens with zero attached hydrogens (tertiary/aromatic N) is 4. The highest BCUT2D eigenvalue weighted by Crippen LogP contribution is 2.47. The van der Waals surface area contributed by atoms with Crippen LogP contribution in [0.2, 0.25) is 0 Å². The van der Waals surface area contributed by atoms with Gasteiger partial charge in [-0.15, -0.1) is 0 Å². The Balaban J connectivity index is 1.67. The molecular formula is C18H27N6O6PS2. The van der Waals surface area contributed by atoms with Crippen molar-refractivity contribution in [2.24, 2.45) is 0 Å². The summed E-state index contributed by atoms with van der Waals surface area (Å²) in [6, 6.07) is -0.363. The van der Waals surface area contributed by atoms with Crippen molar-refractivity contribution < 1.29 is 27.9 Å². The lowest BCUT2D eigenvalue weighted by atomic mass is 10.2. The van der Waals surface area contributed by atoms with E-state index in [1.165, 1.54) is 20.2 Å². The molecule has 182 valence electrons. The van der Waals surface area contributed by atoms with Gasteiger partial charge >= 0.3 is 7.75 Å². The van der Waals surface area contributed by atoms with Crippen LogP contribution in [-0.2, 0) is 27.9 Å². The van der Waals surface area contributed by atoms with Crippen LogP contribution in [0.5, 0.6) is 0 Å². The van der Waals surface area contributed by atoms with Crippen molar-refractivity contribution >= 4 is 58.5 Å². The molecule has 0 aromatic carbocycles. The molecule has 15 heteroatoms. The highest BCUT2D eigenvalue weighted by Gasteiger charge is 2.39. The van der Waals surface area contributed by atoms with Crippen LogP contribution in [0.3, 0.4) is 0 Å². The molecule has 3 atom stereocenters. The molecule has 0 aliphatic carbocycles. The third-order valence-corrected chi connectivity index (χ3v) is 7.96. The van der Waals surface area contributed by atoms with Gasteiger partial charge in [0.1, 0.15) is 18.1 Å². The number of anilines is 1. The van der Waals surface area contributed by atoms with E-state index >= 15 is 0 Å². The Kier molecular flexibility index (Phi) is 9.27. The zero-order valence-electron chi connectivity index (χ0n) is 18.5. The van der Waals surface area contributed by atoms with Crippen molar-refractivity contribution in [1.29, 1.82) is 0 Å². The minimum absolute atomic E-state index is 0.0576. The lowest BCUT2D eigenvalue weighted by Crippen LogP contribution is -2.34. The number of carbonyl (C=O) groups excluding carboxylic acids is 2. The lowest BCUT2D eigenvalue weighted by molar-refractivity contribution is -0.109. The molecule has 2 aromatic rings. The molecule has 3 N–H and O–H groups in total. The Hall–Kier alpha value is -1.54. The Morgan fingerprint density at radius 2 is 1.85 bits per heavy atom. The van der Waals surface area contributed by atoms with Crippen LogP contribution < -0.4 is 10.8 Å². The Bertz CT molecular complexity index is 1010. The maximum Gasteiger partial charge on any atom is 0.405 e. The minimum atomic E-state index is -3.73. The summed E-state index contributed by atoms with van der Waals surface area (Å²) in [6.45, 7) is 4.87. The summed E-state index contributed by atoms with van der Waals surface area (Å²) >= 11 is 2.15. The molecule has 0 radical (unpaired) electrons. The zero-order chi connectivity index (χ0) is 24.0. The summed E-state index contributed by atoms with van der Waals surface area (Å²) in [4.78, 5) is 34.7. The Morgan fingerprint density at radius 1 is 1.21 bits per heavy atom. The fraction of sp³-hybridized carbons (Fsp3) is 0.611. The fourth-order valence-corrected chi connectivity index (χ4v) is 5.99. The van der Waals surface area contributed by atoms with E-state index in [1.807, 2.05) is 6.92 Å². The van der Waals surface area contributed by atoms with Gasteiger partial charge in [-0.2, -0.15) is 0 Å². The van der Waals surface area contributed by atoms with Crippen molar-refractivity contribution in [3.05, 3.63) is 12.7 Å². The van der Waals surface area contributed by atoms with Crippen molar-refractivity contribution in [2.45, 2.75) is 45.6 Å². The quantitative estimate of drug-likeness (QED) is 0.330. The summed E-state index contributed by atoms with van der Waals surface area (Å²) < 4.78 is 32.3. The van der Waals surface area contributed by atoms with Gasteiger partial charge in [0.05, 0.1) is 25.6 Å². The van der Waals surface area contributed by atoms with E-state index in [0.717, 1.165) is 23.5 Å². The largest absolute Gasteiger partial charge is 0.405 e. The van der Waals surface area contributed by atoms with E-state index in [0.29, 0.717) is 29.1 Å². The first-order valence-corrected chi connectivity index (χ1v) is 13.7. The number of rotatable bonds is 11. The molecule has 12 nitrogen and oxygen atoms in total. The average molecular weight is 519 g/mol. The van der Waals surface area contributed by atoms with Crippen molar-refractivity contribution in [2.75, 3.05) is 30.5 Å². The van der Waals surface area contributed by atoms with Gasteiger partial charge in [-0.25, -0.2) is 24.6 Å². The molecule has 1 saturated heterocycles. The first kappa shape index (κ1) is 26.1. The topological polar surface area (TPSA) is 161 Å². The first-order valence-electron chi connectivity index (χ1n) is 10.2. The highest BCUT2D eigenvalue weighted by atomic mass is 32.2. The number of ether oxygens (including phenoxy) is 1. The molecular weight excluding hydrogens is 491 g/mol. The van der Waals surface area contributed by atoms with Crippen LogP contribution in [0.1, 0.15) is 33.4 Å². The molecule has 33 heavy (non-hydrogen) atoms. The second-order valence-corrected chi connectivity index (χ2v) is 11.5. The predicted molar refractivity (Wildman–Crippen MR) is 127 cm³/mol. The van der Waals surface area contributed by atoms with E-state index in [-0.39, 0.29) is 41.4 Å². The van der Waals surface area contributed by atoms with Gasteiger partial charge < -0.3 is 10.5 Å². The molecule has 1 aliphatic rings. The number of imidazole rings is 1. The maximum absolute atomic E-state index is 13.4. The van der Waals surface area contributed by atoms with E-state index in [4.69, 9.17) is 19.5 Å². The molecule has 0 bridgehead atoms. The second kappa shape index (κ2) is 11.7. The van der Waals surface area contributed by atoms with Crippen LogP contribution in [-0.4, -0.2) is 66.6 Å². The monoisotopic (exact) mass is 518 g/mol. The van der Waals surface area contributed by atoms with E-state index in [9.17, 15) is 14.2 Å². The van der Waals surface area contributed by atoms with Gasteiger partial charge in [-0.05, 0) is 6.92 Å². The van der Waals surface area contributed by atoms with Gasteiger partial charge in [0, 0.05) is 37.8 Å². The van der Waals surface area contributed by atoms with Gasteiger partial charge in [-0.3, -0.25) is 23.2 Å². The number of nitrogen functional groups attached to an aromatic ring is 1. The summed E-state index contributed by atoms with van der Waals surface area (Å²) in [7, 11) is -3.73. The molecule has 0 spiro atoms. The normalized spacial score (nSPS) is 21.0. The van der Waals surface area contributed by atoms with Gasteiger partial charge in [-0.1, -0.05) is 23.5 Å². The van der Waals surface area contributed by atoms with Crippen LogP contribution in [0.15, 0.2) is 12.7 Å². The summed E-state index contributed by atoms with van der Waals surface area (Å²) in [5.74, 6) is 0.958. The lowest BCUT2D eigenvalue weighted by Gasteiger charge is -2.24. The SMILES string of the molecule is CC(=O)SCCOP(=O)(NC1CC(n2cnc3c(N)ncnc32)OC1C)OCCSC(C)=O. The number of aromatic nitrogens is 4. The van der Waals surface area contributed by atoms with Crippen LogP contribution in [0, 0.1) is 0 Å². The molecule has 2 aromatic heterocycles. The fourth-order valence-electron chi connectivity index (χ4n) is 3.23. The third-order valence-electron chi connectivity index (χ3n) is 4.72. The van der Waals surface area contributed by atoms with Crippen LogP contribution in [0.25, 0.3) is 11.2 Å². The van der Waals surface area contributed by atoms with Gasteiger partial charge in [0.15, 0.2) is 21.7 Å². The third kappa shape index (κ3) is 7.22. The number of fused-ring (bicyclic) bond motifs is 1. The number of nitrogens with one attached hydrogen (secondary N) is 1. The van der Waals surface area contributed by atoms with Gasteiger partial charge in [0.25, 0.3) is 0 Å². The average Bonchev–Trinajstić information content (AvgIpc) is 3.33. The molecule has 3 rings (SSSR count). The molecule has 0 saturated carbocycles. The maximum atomic E-state index is 13.4. The molecule has 0 amide bonds. The predicted octanol–water partition coefficient (Wildman–Crippen LogP) is 2.37. The molecule has 1 aliphatic heterocycles. The second-order valence-electron chi connectivity index (χ2n) is 7.19. The number of carbonyl (C=O) groups is 2. The van der Waals surface area contributed by atoms with Crippen LogP contribution >= 0.6 is 31.3 Å². The van der Waals surface area contributed by atoms with E-state index in [2.05, 4.69) is 20.0 Å². The molecule has 3 unspecified atom stereocenters. The molecule has 1 fully saturated rings. The van der Waals surface area contributed by atoms with Gasteiger partial charge in [0.2, 0.25) is 0 Å². The minimum Gasteiger partial charge on any atom is -0.382 e. The van der Waals surface area contributed by atoms with Crippen LogP contribution in [0.4, 0.5) is 5.82 Å². The number of thioether (sulfide) groups is 2. The Labute approximate surface area is 199 Å². The Morgan fingerprint density at radius 3 is 2.45 bits per heavy atom. The summed E-state index contributed by atoms with van der Waals surface area (Å²) in [5.41, 5.74) is 6.88. The smallest absolute Gasteiger partial charge is 0.382 e. The first-order chi connectivity index (χ1) is 15.7. The van der Waals surface area contributed by atoms with Crippen molar-refractivity contribution in [3.8, 4) is 0 Å². The number of hydrogen-bond acceptors (Lipinski definition) is 12. The number of nitrogens with two attached hydrogens (primary N) is 1. The standard InChI is InChI=1S/C18H27N6O6PS2/c1-11-14(8-15(30-11)24-10-22-16-17(19)20-9-21-18(16)24)23-31(27,28-4-6-32-12(2)25)29-5-7-33-13(3)26/h9-11,14-15H,4-8H2,1-3H3,(H,23,27)(H2,19,20,21). The molecule has 3 heterocycles. The van der Waals surface area contributed by atoms with Crippen molar-refractivity contribution in [3.63, 3.8) is 0 Å². The van der Waals surface area contributed by atoms with Crippen molar-refractivity contribution in [1.82, 2.24) is 24.6 Å².